The fourth-order valence-electron chi connectivity index (χ4n) is 1.87. The van der Waals surface area contributed by atoms with E-state index in [-0.39, 0.29) is 18.6 Å². The van der Waals surface area contributed by atoms with E-state index in [4.69, 9.17) is 14.6 Å². The van der Waals surface area contributed by atoms with Crippen molar-refractivity contribution in [1.29, 1.82) is 0 Å². The van der Waals surface area contributed by atoms with Crippen LogP contribution in [0.25, 0.3) is 0 Å². The van der Waals surface area contributed by atoms with Crippen LogP contribution in [0.1, 0.15) is 40.0 Å². The van der Waals surface area contributed by atoms with E-state index in [2.05, 4.69) is 0 Å². The van der Waals surface area contributed by atoms with Gasteiger partial charge in [0, 0.05) is 6.42 Å². The molecule has 0 aromatic rings. The van der Waals surface area contributed by atoms with E-state index in [0.717, 1.165) is 0 Å². The predicted molar refractivity (Wildman–Crippen MR) is 61.5 cm³/mol. The summed E-state index contributed by atoms with van der Waals surface area (Å²) >= 11 is 0. The van der Waals surface area contributed by atoms with E-state index in [1.54, 1.807) is 6.92 Å². The molecule has 0 spiro atoms. The Kier molecular flexibility index (Phi) is 5.36. The molecule has 0 radical (unpaired) electrons. The van der Waals surface area contributed by atoms with Crippen LogP contribution in [0.4, 0.5) is 0 Å². The number of aliphatic carboxylic acids is 1. The normalized spacial score (nSPS) is 35.5. The second-order valence-electron chi connectivity index (χ2n) is 4.87. The minimum Gasteiger partial charge on any atom is -0.481 e. The molecule has 0 amide bonds. The minimum absolute atomic E-state index is 0.0510. The van der Waals surface area contributed by atoms with E-state index in [1.165, 1.54) is 0 Å². The molecule has 5 nitrogen and oxygen atoms in total. The molecule has 0 bridgehead atoms. The summed E-state index contributed by atoms with van der Waals surface area (Å²) in [7, 11) is 0. The van der Waals surface area contributed by atoms with E-state index < -0.39 is 18.4 Å². The molecule has 0 aliphatic carbocycles. The standard InChI is InChI=1S/C12H22O5/c1-7-6-10(13)12(17-9(7)3)16-8(2)4-5-11(14)15/h7-10,12-13H,4-6H2,1-3H3,(H,14,15)/t7-,8+,9?,10+,12-/m0/s1. The molecule has 1 heterocycles. The lowest BCUT2D eigenvalue weighted by atomic mass is 9.95. The molecule has 1 fully saturated rings. The molecule has 1 aliphatic heterocycles. The van der Waals surface area contributed by atoms with Crippen LogP contribution in [0.3, 0.4) is 0 Å². The van der Waals surface area contributed by atoms with Crippen LogP contribution in [-0.4, -0.2) is 40.8 Å². The minimum atomic E-state index is -0.840. The molecular formula is C12H22O5. The van der Waals surface area contributed by atoms with Crippen LogP contribution < -0.4 is 0 Å². The summed E-state index contributed by atoms with van der Waals surface area (Å²) in [5, 5.41) is 18.4. The highest BCUT2D eigenvalue weighted by Crippen LogP contribution is 2.26. The van der Waals surface area contributed by atoms with E-state index in [1.807, 2.05) is 13.8 Å². The smallest absolute Gasteiger partial charge is 0.303 e. The van der Waals surface area contributed by atoms with Crippen LogP contribution in [0.15, 0.2) is 0 Å². The van der Waals surface area contributed by atoms with Gasteiger partial charge >= 0.3 is 5.97 Å². The molecule has 2 N–H and O–H groups in total. The van der Waals surface area contributed by atoms with Crippen molar-refractivity contribution in [3.8, 4) is 0 Å². The van der Waals surface area contributed by atoms with Gasteiger partial charge in [-0.25, -0.2) is 0 Å². The van der Waals surface area contributed by atoms with E-state index >= 15 is 0 Å². The molecular weight excluding hydrogens is 224 g/mol. The first-order valence-electron chi connectivity index (χ1n) is 6.11. The summed E-state index contributed by atoms with van der Waals surface area (Å²) < 4.78 is 11.1. The summed E-state index contributed by atoms with van der Waals surface area (Å²) in [6, 6.07) is 0. The van der Waals surface area contributed by atoms with E-state index in [0.29, 0.717) is 18.8 Å². The second kappa shape index (κ2) is 6.33. The van der Waals surface area contributed by atoms with Gasteiger partial charge in [-0.05, 0) is 32.6 Å². The van der Waals surface area contributed by atoms with Gasteiger partial charge in [0.05, 0.1) is 12.2 Å². The van der Waals surface area contributed by atoms with Gasteiger partial charge < -0.3 is 19.7 Å². The number of aliphatic hydroxyl groups excluding tert-OH is 1. The fourth-order valence-corrected chi connectivity index (χ4v) is 1.87. The van der Waals surface area contributed by atoms with Crippen LogP contribution in [0.5, 0.6) is 0 Å². The quantitative estimate of drug-likeness (QED) is 0.766. The van der Waals surface area contributed by atoms with Crippen molar-refractivity contribution >= 4 is 5.97 Å². The molecule has 1 saturated heterocycles. The Balaban J connectivity index is 2.37. The number of carbonyl (C=O) groups is 1. The van der Waals surface area contributed by atoms with Gasteiger partial charge in [0.1, 0.15) is 6.10 Å². The van der Waals surface area contributed by atoms with Crippen molar-refractivity contribution in [2.45, 2.75) is 64.6 Å². The zero-order chi connectivity index (χ0) is 13.0. The summed E-state index contributed by atoms with van der Waals surface area (Å²) in [4.78, 5) is 10.4. The average Bonchev–Trinajstić information content (AvgIpc) is 2.23. The number of hydrogen-bond donors (Lipinski definition) is 2. The van der Waals surface area contributed by atoms with Gasteiger partial charge in [0.2, 0.25) is 0 Å². The first-order chi connectivity index (χ1) is 7.90. The van der Waals surface area contributed by atoms with Crippen molar-refractivity contribution in [2.24, 2.45) is 5.92 Å². The highest BCUT2D eigenvalue weighted by Gasteiger charge is 2.34. The molecule has 1 rings (SSSR count). The van der Waals surface area contributed by atoms with Gasteiger partial charge in [0.25, 0.3) is 0 Å². The third kappa shape index (κ3) is 4.61. The van der Waals surface area contributed by atoms with Crippen molar-refractivity contribution < 1.29 is 24.5 Å². The number of ether oxygens (including phenoxy) is 2. The number of rotatable bonds is 5. The molecule has 5 heteroatoms. The highest BCUT2D eigenvalue weighted by atomic mass is 16.7. The molecule has 5 atom stereocenters. The third-order valence-corrected chi connectivity index (χ3v) is 3.21. The fraction of sp³-hybridized carbons (Fsp3) is 0.917. The summed E-state index contributed by atoms with van der Waals surface area (Å²) in [5.41, 5.74) is 0. The summed E-state index contributed by atoms with van der Waals surface area (Å²) in [6.07, 6.45) is -0.306. The number of carboxylic acids is 1. The van der Waals surface area contributed by atoms with Crippen LogP contribution in [0.2, 0.25) is 0 Å². The maximum Gasteiger partial charge on any atom is 0.303 e. The molecule has 100 valence electrons. The lowest BCUT2D eigenvalue weighted by molar-refractivity contribution is -0.263. The van der Waals surface area contributed by atoms with Gasteiger partial charge in [-0.2, -0.15) is 0 Å². The second-order valence-corrected chi connectivity index (χ2v) is 4.87. The Labute approximate surface area is 102 Å². The Morgan fingerprint density at radius 3 is 2.76 bits per heavy atom. The predicted octanol–water partition coefficient (Wildman–Crippen LogP) is 1.39. The molecule has 1 unspecified atom stereocenters. The number of aliphatic hydroxyl groups is 1. The first kappa shape index (κ1) is 14.4. The lowest BCUT2D eigenvalue weighted by Gasteiger charge is -2.37. The van der Waals surface area contributed by atoms with Gasteiger partial charge in [-0.3, -0.25) is 4.79 Å². The largest absolute Gasteiger partial charge is 0.481 e. The molecule has 1 aliphatic rings. The average molecular weight is 246 g/mol. The third-order valence-electron chi connectivity index (χ3n) is 3.21. The van der Waals surface area contributed by atoms with Gasteiger partial charge in [0.15, 0.2) is 6.29 Å². The Morgan fingerprint density at radius 2 is 2.18 bits per heavy atom. The molecule has 17 heavy (non-hydrogen) atoms. The summed E-state index contributed by atoms with van der Waals surface area (Å²) in [6.45, 7) is 5.77. The molecule has 0 saturated carbocycles. The number of carboxylic acid groups (broad SMARTS) is 1. The SMILES string of the molecule is CC1O[C@H](O[C@H](C)CCC(=O)O)[C@H](O)C[C@@H]1C. The van der Waals surface area contributed by atoms with Crippen molar-refractivity contribution in [2.75, 3.05) is 0 Å². The zero-order valence-corrected chi connectivity index (χ0v) is 10.6. The van der Waals surface area contributed by atoms with Crippen LogP contribution >= 0.6 is 0 Å². The summed E-state index contributed by atoms with van der Waals surface area (Å²) in [5.74, 6) is -0.535. The topological polar surface area (TPSA) is 76.0 Å². The highest BCUT2D eigenvalue weighted by molar-refractivity contribution is 5.66. The maximum absolute atomic E-state index is 10.4. The monoisotopic (exact) mass is 246 g/mol. The molecule has 0 aromatic carbocycles. The van der Waals surface area contributed by atoms with Crippen molar-refractivity contribution in [3.05, 3.63) is 0 Å². The Morgan fingerprint density at radius 1 is 1.53 bits per heavy atom. The number of hydrogen-bond acceptors (Lipinski definition) is 4. The zero-order valence-electron chi connectivity index (χ0n) is 10.6. The van der Waals surface area contributed by atoms with Crippen LogP contribution in [0, 0.1) is 5.92 Å². The Hall–Kier alpha value is -0.650. The molecule has 0 aromatic heterocycles. The van der Waals surface area contributed by atoms with Gasteiger partial charge in [-0.1, -0.05) is 6.92 Å². The van der Waals surface area contributed by atoms with E-state index in [9.17, 15) is 9.90 Å². The maximum atomic E-state index is 10.4. The van der Waals surface area contributed by atoms with Crippen molar-refractivity contribution in [1.82, 2.24) is 0 Å². The van der Waals surface area contributed by atoms with Crippen molar-refractivity contribution in [3.63, 3.8) is 0 Å². The van der Waals surface area contributed by atoms with Crippen LogP contribution in [-0.2, 0) is 14.3 Å². The lowest BCUT2D eigenvalue weighted by Crippen LogP contribution is -2.45. The van der Waals surface area contributed by atoms with Gasteiger partial charge in [-0.15, -0.1) is 0 Å². The first-order valence-corrected chi connectivity index (χ1v) is 6.11. The Bertz CT molecular complexity index is 255.